The SMILES string of the molecule is CC(=[OH+])C=C(C)O.CC(C)(C)c1ccnc(-c2[c-]cccc2)c1.CC1(C)c2ccc[c-]c2-c2ncccc2C1(C)C.Cc1ccnc(-c2[c-]cc(F)cc2F)c1.[Ir].[Ir].[Ir].[Ir].[Ir].[Ir].[c-]1cccc2c1-c1ncccc1CC2.[c-]1cccc2c1c1nccn1c1ccccc21.[c-]1ccccc1-c1ccccn1. The van der Waals surface area contributed by atoms with E-state index in [1.54, 1.807) is 18.5 Å². The van der Waals surface area contributed by atoms with E-state index >= 15 is 0 Å². The molecule has 2 aliphatic carbocycles. The fourth-order valence-electron chi connectivity index (χ4n) is 11.7. The topological polar surface area (TPSA) is 123 Å². The second-order valence-electron chi connectivity index (χ2n) is 25.9. The van der Waals surface area contributed by atoms with E-state index in [-0.39, 0.29) is 154 Å². The minimum atomic E-state index is -0.645. The third-order valence-electron chi connectivity index (χ3n) is 17.4. The van der Waals surface area contributed by atoms with Crippen LogP contribution < -0.4 is 0 Å². The van der Waals surface area contributed by atoms with Gasteiger partial charge in [-0.1, -0.05) is 143 Å². The number of rotatable bonds is 4. The number of fused-ring (bicyclic) bond motifs is 12. The van der Waals surface area contributed by atoms with Crippen molar-refractivity contribution < 1.29 is 139 Å². The fourth-order valence-corrected chi connectivity index (χ4v) is 11.7. The first-order valence-corrected chi connectivity index (χ1v) is 32.8. The molecular weight excluding hydrogens is 2380 g/mol. The molecule has 0 aliphatic heterocycles. The Morgan fingerprint density at radius 3 is 1.70 bits per heavy atom. The normalized spacial score (nSPS) is 11.9. The van der Waals surface area contributed by atoms with Gasteiger partial charge in [-0.3, -0.25) is 18.6 Å². The summed E-state index contributed by atoms with van der Waals surface area (Å²) in [5.74, 6) is -1.03. The fraction of sp³-hybridized carbons (Fsp3) is 0.170. The second kappa shape index (κ2) is 42.1. The molecule has 16 rings (SSSR count). The molecular formula is C88H78F2Ir6N7O2-5. The summed E-state index contributed by atoms with van der Waals surface area (Å²) in [7, 11) is 0. The number of aliphatic hydroxyl groups is 1. The number of hydrogen-bond acceptors (Lipinski definition) is 7. The second-order valence-corrected chi connectivity index (χ2v) is 25.9. The molecule has 7 aromatic heterocycles. The summed E-state index contributed by atoms with van der Waals surface area (Å²) >= 11 is 0. The zero-order valence-electron chi connectivity index (χ0n) is 59.4. The van der Waals surface area contributed by atoms with Crippen LogP contribution in [0, 0.1) is 55.0 Å². The van der Waals surface area contributed by atoms with Crippen molar-refractivity contribution in [1.82, 2.24) is 34.3 Å². The summed E-state index contributed by atoms with van der Waals surface area (Å²) in [5, 5.41) is 11.9. The van der Waals surface area contributed by atoms with Crippen LogP contribution in [-0.4, -0.2) is 50.0 Å². The summed E-state index contributed by atoms with van der Waals surface area (Å²) in [6.07, 6.45) is 16.3. The number of halogens is 2. The number of aryl methyl sites for hydroxylation is 3. The number of ketones is 1. The van der Waals surface area contributed by atoms with E-state index in [1.807, 2.05) is 153 Å². The number of benzene rings is 7. The zero-order chi connectivity index (χ0) is 70.1. The van der Waals surface area contributed by atoms with Crippen molar-refractivity contribution in [3.05, 3.63) is 343 Å². The average Bonchev–Trinajstić information content (AvgIpc) is 1.16. The minimum absolute atomic E-state index is 0. The monoisotopic (exact) mass is 2460 g/mol. The third kappa shape index (κ3) is 23.0. The Labute approximate surface area is 697 Å². The van der Waals surface area contributed by atoms with Gasteiger partial charge in [-0.25, -0.2) is 0 Å². The van der Waals surface area contributed by atoms with Gasteiger partial charge >= 0.3 is 5.78 Å². The van der Waals surface area contributed by atoms with Crippen molar-refractivity contribution in [1.29, 1.82) is 0 Å². The van der Waals surface area contributed by atoms with Crippen molar-refractivity contribution in [3.8, 4) is 56.3 Å². The van der Waals surface area contributed by atoms with E-state index in [4.69, 9.17) is 9.90 Å². The van der Waals surface area contributed by atoms with E-state index in [0.717, 1.165) is 81.0 Å². The maximum absolute atomic E-state index is 13.4. The van der Waals surface area contributed by atoms with Crippen LogP contribution in [0.15, 0.2) is 261 Å². The van der Waals surface area contributed by atoms with Crippen molar-refractivity contribution in [2.24, 2.45) is 0 Å². The van der Waals surface area contributed by atoms with Crippen molar-refractivity contribution in [2.75, 3.05) is 0 Å². The molecule has 0 spiro atoms. The van der Waals surface area contributed by atoms with Crippen molar-refractivity contribution in [3.63, 3.8) is 0 Å². The number of allylic oxidation sites excluding steroid dienone is 2. The molecule has 0 bridgehead atoms. The maximum Gasteiger partial charge on any atom is 0.316 e. The molecule has 14 aromatic rings. The van der Waals surface area contributed by atoms with Crippen molar-refractivity contribution >= 4 is 33.1 Å². The minimum Gasteiger partial charge on any atom is -0.512 e. The third-order valence-corrected chi connectivity index (χ3v) is 17.4. The molecule has 0 atom stereocenters. The molecule has 2 aliphatic rings. The predicted octanol–water partition coefficient (Wildman–Crippen LogP) is 20.7. The van der Waals surface area contributed by atoms with Crippen LogP contribution in [0.2, 0.25) is 0 Å². The van der Waals surface area contributed by atoms with Crippen LogP contribution in [0.3, 0.4) is 0 Å². The average molecular weight is 2460 g/mol. The molecule has 17 heteroatoms. The summed E-state index contributed by atoms with van der Waals surface area (Å²) in [6.45, 7) is 20.8. The number of imidazole rings is 1. The molecule has 7 aromatic carbocycles. The Balaban J connectivity index is 0.000000260. The molecule has 0 fully saturated rings. The largest absolute Gasteiger partial charge is 0.512 e. The van der Waals surface area contributed by atoms with Gasteiger partial charge in [0.25, 0.3) is 0 Å². The Hall–Kier alpha value is -7.53. The summed E-state index contributed by atoms with van der Waals surface area (Å²) < 4.78 is 28.1. The van der Waals surface area contributed by atoms with Gasteiger partial charge in [0.15, 0.2) is 0 Å². The molecule has 9 nitrogen and oxygen atoms in total. The molecule has 7 heterocycles. The first-order chi connectivity index (χ1) is 47.7. The first kappa shape index (κ1) is 89.9. The van der Waals surface area contributed by atoms with Gasteiger partial charge < -0.3 is 34.4 Å². The summed E-state index contributed by atoms with van der Waals surface area (Å²) in [5.41, 5.74) is 19.4. The number of para-hydroxylation sites is 1. The van der Waals surface area contributed by atoms with Crippen LogP contribution in [0.1, 0.15) is 95.7 Å². The molecule has 0 saturated heterocycles. The van der Waals surface area contributed by atoms with Crippen LogP contribution in [0.4, 0.5) is 8.78 Å². The molecule has 105 heavy (non-hydrogen) atoms. The van der Waals surface area contributed by atoms with Gasteiger partial charge in [-0.05, 0) is 112 Å². The number of pyridine rings is 6. The Morgan fingerprint density at radius 1 is 0.495 bits per heavy atom. The Kier molecular flexibility index (Phi) is 36.1. The quantitative estimate of drug-likeness (QED) is 0.0612. The molecule has 0 saturated carbocycles. The van der Waals surface area contributed by atoms with E-state index < -0.39 is 11.6 Å². The summed E-state index contributed by atoms with van der Waals surface area (Å²) in [6, 6.07) is 85.4. The van der Waals surface area contributed by atoms with Crippen LogP contribution in [0.25, 0.3) is 83.6 Å². The summed E-state index contributed by atoms with van der Waals surface area (Å²) in [4.78, 5) is 34.5. The predicted molar refractivity (Wildman–Crippen MR) is 397 cm³/mol. The standard InChI is InChI=1S/C17H18N.C15H9N2.C15H16N.C13H10N.C12H8F2N.C11H8N.C5H8O2.6Ir/c1-16(2)13-9-6-5-8-12(13)15-14(17(16,3)4)10-7-11-18-15;1-2-7-13-11(5-1)12-6-3-4-8-14(12)17-10-9-16-15(13)17;1-15(2,3)13-9-10-16-14(11-13)12-7-5-4-6-8-12;1-2-6-12-10(4-1)7-8-11-5-3-9-14-13(11)12;1-8-4-5-15-12(6-8)10-3-2-9(13)7-11(10)14;1-2-6-10(7-3-1)11-8-4-5-9-12-11;1-4(6)3-5(2)7;;;;;;/h5-7,9-11H,1-4H3;1-6,8-10H;4-7,9-11H,1-3H3;1-5,9H,7-8H2;2,4-7H,1H3;1-6,8-9H;3,6H,1-2H3;;;;;;/q6*-1;;;;;;;/p+1. The Bertz CT molecular complexity index is 4880. The van der Waals surface area contributed by atoms with E-state index in [0.29, 0.717) is 5.69 Å². The van der Waals surface area contributed by atoms with E-state index in [9.17, 15) is 8.78 Å². The van der Waals surface area contributed by atoms with Gasteiger partial charge in [-0.2, -0.15) is 0 Å². The number of hydrogen-bond donors (Lipinski definition) is 1. The van der Waals surface area contributed by atoms with Gasteiger partial charge in [0, 0.05) is 181 Å². The zero-order valence-corrected chi connectivity index (χ0v) is 73.8. The number of nitrogens with zero attached hydrogens (tertiary/aromatic N) is 7. The van der Waals surface area contributed by atoms with E-state index in [1.165, 1.54) is 69.6 Å². The maximum atomic E-state index is 13.4. The van der Waals surface area contributed by atoms with Gasteiger partial charge in [0.1, 0.15) is 0 Å². The Morgan fingerprint density at radius 2 is 1.05 bits per heavy atom. The van der Waals surface area contributed by atoms with E-state index in [2.05, 4.69) is 192 Å². The number of aromatic nitrogens is 7. The molecule has 0 unspecified atom stereocenters. The number of carbonyl (C=O) groups excluding carboxylic acids is 1. The first-order valence-electron chi connectivity index (χ1n) is 32.8. The number of aliphatic hydroxyl groups excluding tert-OH is 1. The molecule has 550 valence electrons. The molecule has 0 amide bonds. The van der Waals surface area contributed by atoms with Gasteiger partial charge in [0.05, 0.1) is 24.4 Å². The van der Waals surface area contributed by atoms with Gasteiger partial charge in [-0.15, -0.1) is 184 Å². The van der Waals surface area contributed by atoms with Gasteiger partial charge in [0.2, 0.25) is 0 Å². The van der Waals surface area contributed by atoms with Crippen molar-refractivity contribution in [2.45, 2.75) is 98.3 Å². The smallest absolute Gasteiger partial charge is 0.316 e. The van der Waals surface area contributed by atoms with Crippen LogP contribution >= 0.6 is 0 Å². The van der Waals surface area contributed by atoms with Crippen LogP contribution in [-0.2, 0) is 150 Å². The van der Waals surface area contributed by atoms with Crippen LogP contribution in [0.5, 0.6) is 0 Å². The molecule has 2 N–H and O–H groups in total. The molecule has 6 radical (unpaired) electrons.